The second-order valence-electron chi connectivity index (χ2n) is 4.79. The van der Waals surface area contributed by atoms with Crippen molar-refractivity contribution in [3.63, 3.8) is 0 Å². The Morgan fingerprint density at radius 1 is 1.29 bits per heavy atom. The van der Waals surface area contributed by atoms with Crippen LogP contribution >= 0.6 is 0 Å². The fourth-order valence-corrected chi connectivity index (χ4v) is 2.11. The van der Waals surface area contributed by atoms with Crippen LogP contribution in [0.15, 0.2) is 0 Å². The first-order valence-electron chi connectivity index (χ1n) is 6.23. The topological polar surface area (TPSA) is 38.0 Å². The van der Waals surface area contributed by atoms with E-state index < -0.39 is 0 Å². The van der Waals surface area contributed by atoms with Gasteiger partial charge in [0.15, 0.2) is 0 Å². The molecule has 1 saturated carbocycles. The summed E-state index contributed by atoms with van der Waals surface area (Å²) in [6, 6.07) is 1.08. The van der Waals surface area contributed by atoms with Crippen molar-refractivity contribution in [2.24, 2.45) is 11.7 Å². The van der Waals surface area contributed by atoms with Gasteiger partial charge in [0.1, 0.15) is 0 Å². The van der Waals surface area contributed by atoms with Gasteiger partial charge in [-0.25, -0.2) is 0 Å². The predicted molar refractivity (Wildman–Crippen MR) is 62.3 cm³/mol. The van der Waals surface area contributed by atoms with Crippen LogP contribution in [0.4, 0.5) is 0 Å². The molecule has 1 aliphatic carbocycles. The van der Waals surface area contributed by atoms with E-state index in [2.05, 4.69) is 19.2 Å². The summed E-state index contributed by atoms with van der Waals surface area (Å²) in [5.74, 6) is 0.645. The molecule has 0 saturated heterocycles. The summed E-state index contributed by atoms with van der Waals surface area (Å²) < 4.78 is 0. The summed E-state index contributed by atoms with van der Waals surface area (Å²) in [6.45, 7) is 5.46. The van der Waals surface area contributed by atoms with E-state index in [1.807, 2.05) is 0 Å². The molecular weight excluding hydrogens is 172 g/mol. The molecule has 84 valence electrons. The summed E-state index contributed by atoms with van der Waals surface area (Å²) in [4.78, 5) is 0. The molecule has 0 aromatic rings. The molecule has 0 radical (unpaired) electrons. The first-order valence-corrected chi connectivity index (χ1v) is 6.23. The number of nitrogens with two attached hydrogens (primary N) is 1. The van der Waals surface area contributed by atoms with Gasteiger partial charge in [0.25, 0.3) is 0 Å². The van der Waals surface area contributed by atoms with E-state index in [9.17, 15) is 0 Å². The van der Waals surface area contributed by atoms with E-state index in [1.165, 1.54) is 38.5 Å². The van der Waals surface area contributed by atoms with E-state index in [0.717, 1.165) is 12.6 Å². The minimum absolute atomic E-state index is 0.335. The van der Waals surface area contributed by atoms with Crippen molar-refractivity contribution in [2.45, 2.75) is 64.5 Å². The van der Waals surface area contributed by atoms with Crippen molar-refractivity contribution < 1.29 is 0 Å². The zero-order valence-electron chi connectivity index (χ0n) is 9.76. The van der Waals surface area contributed by atoms with E-state index in [4.69, 9.17) is 5.73 Å². The molecule has 0 heterocycles. The Morgan fingerprint density at radius 2 is 1.93 bits per heavy atom. The van der Waals surface area contributed by atoms with Crippen LogP contribution in [0.25, 0.3) is 0 Å². The molecule has 1 rings (SSSR count). The molecule has 0 spiro atoms. The number of hydrogen-bond acceptors (Lipinski definition) is 2. The summed E-state index contributed by atoms with van der Waals surface area (Å²) in [5.41, 5.74) is 6.08. The third kappa shape index (κ3) is 3.97. The molecule has 1 fully saturated rings. The Kier molecular flexibility index (Phi) is 5.49. The molecular formula is C12H26N2. The monoisotopic (exact) mass is 198 g/mol. The van der Waals surface area contributed by atoms with Crippen molar-refractivity contribution in [3.05, 3.63) is 0 Å². The first-order chi connectivity index (χ1) is 6.74. The van der Waals surface area contributed by atoms with Crippen LogP contribution in [0.5, 0.6) is 0 Å². The number of hydrogen-bond donors (Lipinski definition) is 2. The highest BCUT2D eigenvalue weighted by atomic mass is 14.9. The summed E-state index contributed by atoms with van der Waals surface area (Å²) in [6.07, 6.45) is 8.12. The Bertz CT molecular complexity index is 139. The SMILES string of the molecule is CCC(C)C(N)CNC1CCCCC1. The fourth-order valence-electron chi connectivity index (χ4n) is 2.11. The van der Waals surface area contributed by atoms with Crippen molar-refractivity contribution in [2.75, 3.05) is 6.54 Å². The second-order valence-corrected chi connectivity index (χ2v) is 4.79. The van der Waals surface area contributed by atoms with Crippen molar-refractivity contribution in [3.8, 4) is 0 Å². The van der Waals surface area contributed by atoms with Gasteiger partial charge >= 0.3 is 0 Å². The van der Waals surface area contributed by atoms with Gasteiger partial charge in [-0.05, 0) is 18.8 Å². The number of rotatable bonds is 5. The van der Waals surface area contributed by atoms with Crippen LogP contribution in [-0.2, 0) is 0 Å². The molecule has 0 aliphatic heterocycles. The molecule has 0 aromatic heterocycles. The third-order valence-electron chi connectivity index (χ3n) is 3.62. The smallest absolute Gasteiger partial charge is 0.0191 e. The Balaban J connectivity index is 2.12. The summed E-state index contributed by atoms with van der Waals surface area (Å²) >= 11 is 0. The highest BCUT2D eigenvalue weighted by Crippen LogP contribution is 2.17. The molecule has 3 N–H and O–H groups in total. The predicted octanol–water partition coefficient (Wildman–Crippen LogP) is 2.28. The molecule has 0 amide bonds. The van der Waals surface area contributed by atoms with Gasteiger partial charge in [-0.3, -0.25) is 0 Å². The third-order valence-corrected chi connectivity index (χ3v) is 3.62. The molecule has 2 nitrogen and oxygen atoms in total. The molecule has 0 bridgehead atoms. The summed E-state index contributed by atoms with van der Waals surface area (Å²) in [7, 11) is 0. The average molecular weight is 198 g/mol. The van der Waals surface area contributed by atoms with Gasteiger partial charge in [-0.1, -0.05) is 39.5 Å². The summed E-state index contributed by atoms with van der Waals surface area (Å²) in [5, 5.41) is 3.61. The lowest BCUT2D eigenvalue weighted by Gasteiger charge is -2.26. The van der Waals surface area contributed by atoms with Crippen molar-refractivity contribution in [1.82, 2.24) is 5.32 Å². The minimum atomic E-state index is 0.335. The molecule has 14 heavy (non-hydrogen) atoms. The first kappa shape index (κ1) is 12.0. The van der Waals surface area contributed by atoms with Gasteiger partial charge in [-0.2, -0.15) is 0 Å². The van der Waals surface area contributed by atoms with Gasteiger partial charge in [0.05, 0.1) is 0 Å². The maximum absolute atomic E-state index is 6.08. The lowest BCUT2D eigenvalue weighted by molar-refractivity contribution is 0.339. The van der Waals surface area contributed by atoms with E-state index in [-0.39, 0.29) is 0 Å². The van der Waals surface area contributed by atoms with Crippen LogP contribution in [0.2, 0.25) is 0 Å². The van der Waals surface area contributed by atoms with E-state index in [1.54, 1.807) is 0 Å². The Morgan fingerprint density at radius 3 is 2.50 bits per heavy atom. The van der Waals surface area contributed by atoms with Gasteiger partial charge in [0, 0.05) is 18.6 Å². The van der Waals surface area contributed by atoms with Crippen LogP contribution in [-0.4, -0.2) is 18.6 Å². The quantitative estimate of drug-likeness (QED) is 0.711. The molecule has 1 aliphatic rings. The van der Waals surface area contributed by atoms with Crippen LogP contribution in [0.1, 0.15) is 52.4 Å². The van der Waals surface area contributed by atoms with Gasteiger partial charge in [-0.15, -0.1) is 0 Å². The van der Waals surface area contributed by atoms with Crippen molar-refractivity contribution >= 4 is 0 Å². The maximum atomic E-state index is 6.08. The molecule has 2 unspecified atom stereocenters. The second kappa shape index (κ2) is 6.41. The number of nitrogens with one attached hydrogen (secondary N) is 1. The fraction of sp³-hybridized carbons (Fsp3) is 1.00. The maximum Gasteiger partial charge on any atom is 0.0191 e. The standard InChI is InChI=1S/C12H26N2/c1-3-10(2)12(13)9-14-11-7-5-4-6-8-11/h10-12,14H,3-9,13H2,1-2H3. The zero-order chi connectivity index (χ0) is 10.4. The molecule has 2 heteroatoms. The van der Waals surface area contributed by atoms with Gasteiger partial charge in [0.2, 0.25) is 0 Å². The van der Waals surface area contributed by atoms with E-state index in [0.29, 0.717) is 12.0 Å². The Labute approximate surface area is 88.6 Å². The lowest BCUT2D eigenvalue weighted by atomic mass is 9.94. The molecule has 0 aromatic carbocycles. The van der Waals surface area contributed by atoms with Crippen molar-refractivity contribution in [1.29, 1.82) is 0 Å². The zero-order valence-corrected chi connectivity index (χ0v) is 9.76. The largest absolute Gasteiger partial charge is 0.326 e. The van der Waals surface area contributed by atoms with Crippen LogP contribution in [0.3, 0.4) is 0 Å². The lowest BCUT2D eigenvalue weighted by Crippen LogP contribution is -2.43. The normalized spacial score (nSPS) is 23.4. The molecule has 2 atom stereocenters. The Hall–Kier alpha value is -0.0800. The minimum Gasteiger partial charge on any atom is -0.326 e. The van der Waals surface area contributed by atoms with Crippen LogP contribution < -0.4 is 11.1 Å². The average Bonchev–Trinajstić information content (AvgIpc) is 2.26. The van der Waals surface area contributed by atoms with Crippen LogP contribution in [0, 0.1) is 5.92 Å². The van der Waals surface area contributed by atoms with E-state index >= 15 is 0 Å². The highest BCUT2D eigenvalue weighted by molar-refractivity contribution is 4.76. The highest BCUT2D eigenvalue weighted by Gasteiger charge is 2.15. The van der Waals surface area contributed by atoms with Gasteiger partial charge < -0.3 is 11.1 Å².